The molecule has 0 aliphatic carbocycles. The second kappa shape index (κ2) is 8.93. The molecule has 2 amide bonds. The average Bonchev–Trinajstić information content (AvgIpc) is 2.91. The molecule has 0 saturated carbocycles. The molecule has 0 unspecified atom stereocenters. The van der Waals surface area contributed by atoms with Gasteiger partial charge in [0.15, 0.2) is 0 Å². The monoisotopic (exact) mass is 437 g/mol. The third-order valence-corrected chi connectivity index (χ3v) is 7.53. The Bertz CT molecular complexity index is 900. The number of likely N-dealkylation sites (N-methyl/N-ethyl adjacent to an activating group) is 1. The summed E-state index contributed by atoms with van der Waals surface area (Å²) in [7, 11) is -0.723. The van der Waals surface area contributed by atoms with Crippen molar-refractivity contribution in [1.82, 2.24) is 14.1 Å². The molecule has 2 heterocycles. The highest BCUT2D eigenvalue weighted by atomic mass is 32.2. The first-order chi connectivity index (χ1) is 14.1. The molecular weight excluding hydrogens is 406 g/mol. The Morgan fingerprint density at radius 3 is 2.50 bits per heavy atom. The van der Waals surface area contributed by atoms with Gasteiger partial charge in [-0.05, 0) is 24.5 Å². The number of para-hydroxylation sites is 1. The number of amides is 2. The van der Waals surface area contributed by atoms with Crippen LogP contribution in [0.2, 0.25) is 0 Å². The van der Waals surface area contributed by atoms with Crippen LogP contribution in [0.3, 0.4) is 0 Å². The van der Waals surface area contributed by atoms with Crippen molar-refractivity contribution in [2.45, 2.75) is 50.2 Å². The number of hydrogen-bond acceptors (Lipinski definition) is 5. The van der Waals surface area contributed by atoms with E-state index in [0.717, 1.165) is 0 Å². The lowest BCUT2D eigenvalue weighted by atomic mass is 10.1. The van der Waals surface area contributed by atoms with Gasteiger partial charge in [0.1, 0.15) is 16.7 Å². The standard InChI is InChI=1S/C21H31N3O5S/c1-15(2)13-20(25)23-11-9-16-17(10-12-23)29-18-7-5-6-8-19(18)30(27,28)24(16)14-21(26)22(3)4/h5-8,15-17H,9-14H2,1-4H3/t16-,17-/m1/s1. The molecule has 30 heavy (non-hydrogen) atoms. The lowest BCUT2D eigenvalue weighted by Gasteiger charge is -2.31. The largest absolute Gasteiger partial charge is 0.487 e. The quantitative estimate of drug-likeness (QED) is 0.714. The number of likely N-dealkylation sites (tertiary alicyclic amines) is 1. The van der Waals surface area contributed by atoms with Crippen LogP contribution in [-0.4, -0.2) is 80.2 Å². The van der Waals surface area contributed by atoms with Crippen LogP contribution in [0.15, 0.2) is 29.2 Å². The molecule has 0 spiro atoms. The number of carbonyl (C=O) groups excluding carboxylic acids is 2. The lowest BCUT2D eigenvalue weighted by molar-refractivity contribution is -0.132. The number of fused-ring (bicyclic) bond motifs is 2. The molecular formula is C21H31N3O5S. The molecule has 9 heteroatoms. The number of benzene rings is 1. The minimum absolute atomic E-state index is 0.0700. The lowest BCUT2D eigenvalue weighted by Crippen LogP contribution is -2.50. The van der Waals surface area contributed by atoms with E-state index < -0.39 is 22.2 Å². The maximum Gasteiger partial charge on any atom is 0.247 e. The second-order valence-electron chi connectivity index (χ2n) is 8.56. The topological polar surface area (TPSA) is 87.2 Å². The normalized spacial score (nSPS) is 23.6. The van der Waals surface area contributed by atoms with Gasteiger partial charge in [0, 0.05) is 40.0 Å². The van der Waals surface area contributed by atoms with Crippen molar-refractivity contribution in [1.29, 1.82) is 0 Å². The molecule has 0 aromatic heterocycles. The zero-order chi connectivity index (χ0) is 22.1. The minimum Gasteiger partial charge on any atom is -0.487 e. The summed E-state index contributed by atoms with van der Waals surface area (Å²) < 4.78 is 34.5. The van der Waals surface area contributed by atoms with E-state index in [1.165, 1.54) is 15.3 Å². The molecule has 1 aromatic carbocycles. The molecule has 0 bridgehead atoms. The molecule has 3 rings (SSSR count). The van der Waals surface area contributed by atoms with Gasteiger partial charge in [-0.25, -0.2) is 8.42 Å². The number of carbonyl (C=O) groups is 2. The predicted octanol–water partition coefficient (Wildman–Crippen LogP) is 1.56. The van der Waals surface area contributed by atoms with Gasteiger partial charge in [-0.3, -0.25) is 9.59 Å². The number of nitrogens with zero attached hydrogens (tertiary/aromatic N) is 3. The molecule has 2 aliphatic rings. The Hall–Kier alpha value is -2.13. The van der Waals surface area contributed by atoms with E-state index in [2.05, 4.69) is 0 Å². The van der Waals surface area contributed by atoms with E-state index in [0.29, 0.717) is 38.1 Å². The zero-order valence-electron chi connectivity index (χ0n) is 18.1. The molecule has 1 fully saturated rings. The van der Waals surface area contributed by atoms with Gasteiger partial charge < -0.3 is 14.5 Å². The van der Waals surface area contributed by atoms with E-state index in [9.17, 15) is 18.0 Å². The summed E-state index contributed by atoms with van der Waals surface area (Å²) in [6.45, 7) is 4.69. The van der Waals surface area contributed by atoms with Crippen LogP contribution in [0, 0.1) is 5.92 Å². The molecule has 166 valence electrons. The molecule has 2 aliphatic heterocycles. The van der Waals surface area contributed by atoms with E-state index in [4.69, 9.17) is 4.74 Å². The zero-order valence-corrected chi connectivity index (χ0v) is 18.9. The summed E-state index contributed by atoms with van der Waals surface area (Å²) in [6, 6.07) is 6.02. The van der Waals surface area contributed by atoms with Crippen molar-refractivity contribution in [3.63, 3.8) is 0 Å². The number of ether oxygens (including phenoxy) is 1. The van der Waals surface area contributed by atoms with Crippen LogP contribution >= 0.6 is 0 Å². The highest BCUT2D eigenvalue weighted by Gasteiger charge is 2.44. The molecule has 1 aromatic rings. The van der Waals surface area contributed by atoms with Crippen LogP contribution in [0.25, 0.3) is 0 Å². The third kappa shape index (κ3) is 4.62. The van der Waals surface area contributed by atoms with Crippen molar-refractivity contribution >= 4 is 21.8 Å². The van der Waals surface area contributed by atoms with Crippen molar-refractivity contribution < 1.29 is 22.7 Å². The summed E-state index contributed by atoms with van der Waals surface area (Å²) in [6.07, 6.45) is 0.948. The Morgan fingerprint density at radius 1 is 1.17 bits per heavy atom. The Kier molecular flexibility index (Phi) is 6.71. The smallest absolute Gasteiger partial charge is 0.247 e. The van der Waals surface area contributed by atoms with Gasteiger partial charge in [0.2, 0.25) is 21.8 Å². The van der Waals surface area contributed by atoms with Crippen molar-refractivity contribution in [2.75, 3.05) is 33.7 Å². The number of rotatable bonds is 4. The van der Waals surface area contributed by atoms with E-state index in [1.807, 2.05) is 13.8 Å². The number of hydrogen-bond donors (Lipinski definition) is 0. The maximum atomic E-state index is 13.5. The Balaban J connectivity index is 1.97. The van der Waals surface area contributed by atoms with Crippen molar-refractivity contribution in [2.24, 2.45) is 5.92 Å². The average molecular weight is 438 g/mol. The van der Waals surface area contributed by atoms with Gasteiger partial charge in [-0.15, -0.1) is 0 Å². The number of sulfonamides is 1. The van der Waals surface area contributed by atoms with Crippen LogP contribution in [0.1, 0.15) is 33.1 Å². The Morgan fingerprint density at radius 2 is 1.83 bits per heavy atom. The van der Waals surface area contributed by atoms with Gasteiger partial charge in [-0.1, -0.05) is 26.0 Å². The van der Waals surface area contributed by atoms with Crippen LogP contribution < -0.4 is 4.74 Å². The van der Waals surface area contributed by atoms with Gasteiger partial charge in [0.05, 0.1) is 12.6 Å². The predicted molar refractivity (Wildman–Crippen MR) is 113 cm³/mol. The third-order valence-electron chi connectivity index (χ3n) is 5.62. The Labute approximate surface area is 178 Å². The van der Waals surface area contributed by atoms with Crippen LogP contribution in [0.5, 0.6) is 5.75 Å². The molecule has 0 radical (unpaired) electrons. The molecule has 2 atom stereocenters. The molecule has 8 nitrogen and oxygen atoms in total. The van der Waals surface area contributed by atoms with Crippen LogP contribution in [0.4, 0.5) is 0 Å². The summed E-state index contributed by atoms with van der Waals surface area (Å²) in [5, 5.41) is 0. The maximum absolute atomic E-state index is 13.5. The highest BCUT2D eigenvalue weighted by molar-refractivity contribution is 7.89. The SMILES string of the molecule is CC(C)CC(=O)N1CC[C@@H]2[C@@H](CC1)Oc1ccccc1S(=O)(=O)N2CC(=O)N(C)C. The van der Waals surface area contributed by atoms with Gasteiger partial charge >= 0.3 is 0 Å². The second-order valence-corrected chi connectivity index (χ2v) is 10.4. The van der Waals surface area contributed by atoms with Crippen molar-refractivity contribution in [3.05, 3.63) is 24.3 Å². The molecule has 0 N–H and O–H groups in total. The summed E-state index contributed by atoms with van der Waals surface area (Å²) in [5.74, 6) is 0.326. The first-order valence-electron chi connectivity index (χ1n) is 10.4. The fraction of sp³-hybridized carbons (Fsp3) is 0.619. The summed E-state index contributed by atoms with van der Waals surface area (Å²) >= 11 is 0. The molecule has 1 saturated heterocycles. The fourth-order valence-corrected chi connectivity index (χ4v) is 5.71. The van der Waals surface area contributed by atoms with Crippen LogP contribution in [-0.2, 0) is 19.6 Å². The van der Waals surface area contributed by atoms with Gasteiger partial charge in [0.25, 0.3) is 0 Å². The summed E-state index contributed by atoms with van der Waals surface area (Å²) in [5.41, 5.74) is 0. The fourth-order valence-electron chi connectivity index (χ4n) is 3.96. The first-order valence-corrected chi connectivity index (χ1v) is 11.8. The van der Waals surface area contributed by atoms with Crippen molar-refractivity contribution in [3.8, 4) is 5.75 Å². The highest BCUT2D eigenvalue weighted by Crippen LogP contribution is 2.36. The van der Waals surface area contributed by atoms with E-state index in [-0.39, 0.29) is 29.2 Å². The van der Waals surface area contributed by atoms with E-state index >= 15 is 0 Å². The van der Waals surface area contributed by atoms with Gasteiger partial charge in [-0.2, -0.15) is 4.31 Å². The van der Waals surface area contributed by atoms with E-state index in [1.54, 1.807) is 37.2 Å². The summed E-state index contributed by atoms with van der Waals surface area (Å²) in [4.78, 5) is 28.4. The first kappa shape index (κ1) is 22.6. The minimum atomic E-state index is -3.93.